The topological polar surface area (TPSA) is 102 Å². The second-order valence-electron chi connectivity index (χ2n) is 5.46. The van der Waals surface area contributed by atoms with Crippen LogP contribution < -0.4 is 10.1 Å². The zero-order valence-electron chi connectivity index (χ0n) is 13.9. The summed E-state index contributed by atoms with van der Waals surface area (Å²) >= 11 is 0. The summed E-state index contributed by atoms with van der Waals surface area (Å²) in [6.45, 7) is 2.72. The lowest BCUT2D eigenvalue weighted by Crippen LogP contribution is -2.46. The van der Waals surface area contributed by atoms with Crippen LogP contribution in [0.4, 0.5) is 0 Å². The molecule has 0 spiro atoms. The van der Waals surface area contributed by atoms with Gasteiger partial charge < -0.3 is 14.4 Å². The first-order chi connectivity index (χ1) is 12.1. The molecule has 1 aliphatic rings. The number of ether oxygens (including phenoxy) is 2. The van der Waals surface area contributed by atoms with Crippen molar-refractivity contribution in [3.8, 4) is 5.75 Å². The smallest absolute Gasteiger partial charge is 0.293 e. The SMILES string of the molecule is CCCC(C(=O)NC=O)N1Cc2c(OCCOC=O)cccc2C1=O. The largest absolute Gasteiger partial charge is 0.490 e. The number of carbonyl (C=O) groups is 4. The van der Waals surface area contributed by atoms with Gasteiger partial charge in [-0.25, -0.2) is 0 Å². The van der Waals surface area contributed by atoms with Gasteiger partial charge in [0.2, 0.25) is 12.3 Å². The van der Waals surface area contributed by atoms with Crippen molar-refractivity contribution in [1.82, 2.24) is 10.2 Å². The van der Waals surface area contributed by atoms with Gasteiger partial charge in [-0.2, -0.15) is 0 Å². The fourth-order valence-electron chi connectivity index (χ4n) is 2.82. The summed E-state index contributed by atoms with van der Waals surface area (Å²) in [5.41, 5.74) is 1.15. The van der Waals surface area contributed by atoms with Crippen LogP contribution in [-0.2, 0) is 25.7 Å². The highest BCUT2D eigenvalue weighted by Crippen LogP contribution is 2.33. The molecule has 0 aliphatic carbocycles. The lowest BCUT2D eigenvalue weighted by molar-refractivity contribution is -0.130. The summed E-state index contributed by atoms with van der Waals surface area (Å²) in [5, 5.41) is 2.12. The standard InChI is InChI=1S/C17H20N2O6/c1-2-4-14(16(22)18-10-20)19-9-13-12(17(19)23)5-3-6-15(13)25-8-7-24-11-21/h3,5-6,10-11,14H,2,4,7-9H2,1H3,(H,18,20,22). The number of hydrogen-bond acceptors (Lipinski definition) is 6. The van der Waals surface area contributed by atoms with Gasteiger partial charge in [-0.05, 0) is 18.6 Å². The number of imide groups is 1. The van der Waals surface area contributed by atoms with Crippen molar-refractivity contribution in [1.29, 1.82) is 0 Å². The maximum atomic E-state index is 12.7. The first kappa shape index (κ1) is 18.4. The van der Waals surface area contributed by atoms with Crippen LogP contribution in [-0.4, -0.2) is 48.9 Å². The highest BCUT2D eigenvalue weighted by molar-refractivity contribution is 6.02. The van der Waals surface area contributed by atoms with Gasteiger partial charge in [-0.15, -0.1) is 0 Å². The molecule has 1 aromatic rings. The molecule has 3 amide bonds. The van der Waals surface area contributed by atoms with Crippen molar-refractivity contribution in [2.24, 2.45) is 0 Å². The number of nitrogens with zero attached hydrogens (tertiary/aromatic N) is 1. The maximum Gasteiger partial charge on any atom is 0.293 e. The highest BCUT2D eigenvalue weighted by Gasteiger charge is 2.37. The van der Waals surface area contributed by atoms with Gasteiger partial charge in [0.15, 0.2) is 0 Å². The van der Waals surface area contributed by atoms with E-state index in [9.17, 15) is 19.2 Å². The molecule has 1 N–H and O–H groups in total. The van der Waals surface area contributed by atoms with Gasteiger partial charge in [0, 0.05) is 11.1 Å². The number of rotatable bonds is 10. The second-order valence-corrected chi connectivity index (χ2v) is 5.46. The van der Waals surface area contributed by atoms with Crippen LogP contribution in [0.1, 0.15) is 35.7 Å². The van der Waals surface area contributed by atoms with Gasteiger partial charge >= 0.3 is 0 Å². The molecule has 0 aromatic heterocycles. The quantitative estimate of drug-likeness (QED) is 0.492. The van der Waals surface area contributed by atoms with Crippen molar-refractivity contribution in [2.75, 3.05) is 13.2 Å². The number of fused-ring (bicyclic) bond motifs is 1. The molecule has 8 heteroatoms. The van der Waals surface area contributed by atoms with Crippen LogP contribution >= 0.6 is 0 Å². The minimum atomic E-state index is -0.721. The molecule has 2 rings (SSSR count). The van der Waals surface area contributed by atoms with E-state index >= 15 is 0 Å². The molecule has 1 aromatic carbocycles. The minimum absolute atomic E-state index is 0.102. The normalized spacial score (nSPS) is 13.8. The van der Waals surface area contributed by atoms with Crippen LogP contribution in [0.5, 0.6) is 5.75 Å². The lowest BCUT2D eigenvalue weighted by atomic mass is 10.1. The van der Waals surface area contributed by atoms with Gasteiger partial charge in [0.1, 0.15) is 25.0 Å². The average molecular weight is 348 g/mol. The summed E-state index contributed by atoms with van der Waals surface area (Å²) in [7, 11) is 0. The third kappa shape index (κ3) is 4.14. The molecule has 1 aliphatic heterocycles. The third-order valence-corrected chi connectivity index (χ3v) is 3.92. The molecule has 1 atom stereocenters. The van der Waals surface area contributed by atoms with Crippen LogP contribution in [0.3, 0.4) is 0 Å². The summed E-state index contributed by atoms with van der Waals surface area (Å²) in [6.07, 6.45) is 1.45. The molecular weight excluding hydrogens is 328 g/mol. The predicted octanol–water partition coefficient (Wildman–Crippen LogP) is 0.635. The summed E-state index contributed by atoms with van der Waals surface area (Å²) in [5.74, 6) is -0.266. The second kappa shape index (κ2) is 8.81. The summed E-state index contributed by atoms with van der Waals surface area (Å²) in [6, 6.07) is 4.36. The lowest BCUT2D eigenvalue weighted by Gasteiger charge is -2.25. The molecule has 0 bridgehead atoms. The Kier molecular flexibility index (Phi) is 6.50. The van der Waals surface area contributed by atoms with Crippen molar-refractivity contribution in [2.45, 2.75) is 32.4 Å². The van der Waals surface area contributed by atoms with Crippen LogP contribution in [0.2, 0.25) is 0 Å². The minimum Gasteiger partial charge on any atom is -0.490 e. The van der Waals surface area contributed by atoms with Gasteiger partial charge in [0.25, 0.3) is 12.4 Å². The Morgan fingerprint density at radius 2 is 2.16 bits per heavy atom. The number of amides is 3. The Hall–Kier alpha value is -2.90. The average Bonchev–Trinajstić information content (AvgIpc) is 2.94. The Morgan fingerprint density at radius 1 is 1.36 bits per heavy atom. The Morgan fingerprint density at radius 3 is 2.84 bits per heavy atom. The number of hydrogen-bond donors (Lipinski definition) is 1. The van der Waals surface area contributed by atoms with Gasteiger partial charge in [-0.1, -0.05) is 19.4 Å². The molecule has 0 saturated heterocycles. The number of nitrogens with one attached hydrogen (secondary N) is 1. The van der Waals surface area contributed by atoms with E-state index in [0.717, 1.165) is 0 Å². The number of carbonyl (C=O) groups excluding carboxylic acids is 4. The van der Waals surface area contributed by atoms with Crippen LogP contribution in [0, 0.1) is 0 Å². The molecule has 1 heterocycles. The summed E-state index contributed by atoms with van der Waals surface area (Å²) in [4.78, 5) is 47.0. The molecular formula is C17H20N2O6. The van der Waals surface area contributed by atoms with E-state index in [1.54, 1.807) is 18.2 Å². The fourth-order valence-corrected chi connectivity index (χ4v) is 2.82. The first-order valence-corrected chi connectivity index (χ1v) is 7.99. The summed E-state index contributed by atoms with van der Waals surface area (Å²) < 4.78 is 10.2. The van der Waals surface area contributed by atoms with E-state index in [-0.39, 0.29) is 25.7 Å². The van der Waals surface area contributed by atoms with Crippen molar-refractivity contribution >= 4 is 24.7 Å². The van der Waals surface area contributed by atoms with E-state index in [0.29, 0.717) is 42.6 Å². The molecule has 1 unspecified atom stereocenters. The van der Waals surface area contributed by atoms with E-state index in [2.05, 4.69) is 10.1 Å². The monoisotopic (exact) mass is 348 g/mol. The van der Waals surface area contributed by atoms with E-state index in [1.165, 1.54) is 4.90 Å². The Balaban J connectivity index is 2.19. The molecule has 134 valence electrons. The van der Waals surface area contributed by atoms with Crippen LogP contribution in [0.25, 0.3) is 0 Å². The molecule has 0 saturated carbocycles. The molecule has 25 heavy (non-hydrogen) atoms. The predicted molar refractivity (Wildman–Crippen MR) is 86.7 cm³/mol. The zero-order valence-corrected chi connectivity index (χ0v) is 13.9. The molecule has 0 radical (unpaired) electrons. The maximum absolute atomic E-state index is 12.7. The van der Waals surface area contributed by atoms with Crippen molar-refractivity contribution < 1.29 is 28.7 Å². The highest BCUT2D eigenvalue weighted by atomic mass is 16.5. The van der Waals surface area contributed by atoms with E-state index in [4.69, 9.17) is 4.74 Å². The van der Waals surface area contributed by atoms with Crippen molar-refractivity contribution in [3.05, 3.63) is 29.3 Å². The Labute approximate surface area is 145 Å². The van der Waals surface area contributed by atoms with E-state index in [1.807, 2.05) is 6.92 Å². The van der Waals surface area contributed by atoms with Gasteiger partial charge in [-0.3, -0.25) is 24.5 Å². The fraction of sp³-hybridized carbons (Fsp3) is 0.412. The third-order valence-electron chi connectivity index (χ3n) is 3.92. The van der Waals surface area contributed by atoms with Crippen molar-refractivity contribution in [3.63, 3.8) is 0 Å². The molecule has 0 fully saturated rings. The Bertz CT molecular complexity index is 661. The molecule has 8 nitrogen and oxygen atoms in total. The van der Waals surface area contributed by atoms with E-state index < -0.39 is 11.9 Å². The zero-order chi connectivity index (χ0) is 18.2. The van der Waals surface area contributed by atoms with Crippen LogP contribution in [0.15, 0.2) is 18.2 Å². The number of benzene rings is 1. The first-order valence-electron chi connectivity index (χ1n) is 7.99. The van der Waals surface area contributed by atoms with Gasteiger partial charge in [0.05, 0.1) is 6.54 Å².